The normalized spacial score (nSPS) is 14.5. The Morgan fingerprint density at radius 2 is 2.11 bits per heavy atom. The standard InChI is InChI=1S/C14H16N2O3/c17-9-3-5-12-4-1-2-6-13(12)15-14(18)16-7-10-19-11-8-16/h1-2,4,6,17H,7-11H2,(H,15,18). The highest BCUT2D eigenvalue weighted by molar-refractivity contribution is 5.91. The lowest BCUT2D eigenvalue weighted by atomic mass is 10.2. The number of hydrogen-bond acceptors (Lipinski definition) is 3. The fraction of sp³-hybridized carbons (Fsp3) is 0.357. The summed E-state index contributed by atoms with van der Waals surface area (Å²) in [5.41, 5.74) is 1.35. The largest absolute Gasteiger partial charge is 0.384 e. The number of benzene rings is 1. The van der Waals surface area contributed by atoms with Gasteiger partial charge in [0, 0.05) is 18.7 Å². The van der Waals surface area contributed by atoms with Crippen LogP contribution in [0.5, 0.6) is 0 Å². The molecule has 5 heteroatoms. The molecule has 0 spiro atoms. The molecule has 100 valence electrons. The smallest absolute Gasteiger partial charge is 0.322 e. The van der Waals surface area contributed by atoms with Crippen LogP contribution in [0.4, 0.5) is 10.5 Å². The summed E-state index contributed by atoms with van der Waals surface area (Å²) in [6.45, 7) is 2.12. The van der Waals surface area contributed by atoms with Gasteiger partial charge in [-0.3, -0.25) is 0 Å². The molecule has 0 radical (unpaired) electrons. The summed E-state index contributed by atoms with van der Waals surface area (Å²) < 4.78 is 5.21. The van der Waals surface area contributed by atoms with E-state index < -0.39 is 0 Å². The van der Waals surface area contributed by atoms with Crippen LogP contribution in [0.15, 0.2) is 24.3 Å². The lowest BCUT2D eigenvalue weighted by molar-refractivity contribution is 0.0564. The Balaban J connectivity index is 2.07. The van der Waals surface area contributed by atoms with E-state index in [1.165, 1.54) is 0 Å². The number of nitrogens with one attached hydrogen (secondary N) is 1. The highest BCUT2D eigenvalue weighted by Gasteiger charge is 2.17. The summed E-state index contributed by atoms with van der Waals surface area (Å²) in [7, 11) is 0. The maximum atomic E-state index is 12.1. The van der Waals surface area contributed by atoms with Crippen molar-refractivity contribution in [2.75, 3.05) is 38.2 Å². The van der Waals surface area contributed by atoms with Gasteiger partial charge in [0.05, 0.1) is 18.9 Å². The van der Waals surface area contributed by atoms with Crippen LogP contribution in [-0.2, 0) is 4.74 Å². The van der Waals surface area contributed by atoms with Crippen LogP contribution >= 0.6 is 0 Å². The summed E-state index contributed by atoms with van der Waals surface area (Å²) in [5.74, 6) is 5.39. The zero-order valence-electron chi connectivity index (χ0n) is 10.6. The fourth-order valence-electron chi connectivity index (χ4n) is 1.80. The van der Waals surface area contributed by atoms with E-state index in [-0.39, 0.29) is 12.6 Å². The Morgan fingerprint density at radius 1 is 1.37 bits per heavy atom. The summed E-state index contributed by atoms with van der Waals surface area (Å²) >= 11 is 0. The SMILES string of the molecule is O=C(Nc1ccccc1C#CCO)N1CCOCC1. The zero-order valence-corrected chi connectivity index (χ0v) is 10.6. The van der Waals surface area contributed by atoms with Gasteiger partial charge in [-0.25, -0.2) is 4.79 Å². The molecule has 0 saturated carbocycles. The maximum Gasteiger partial charge on any atom is 0.322 e. The predicted octanol–water partition coefficient (Wildman–Crippen LogP) is 0.895. The van der Waals surface area contributed by atoms with E-state index in [9.17, 15) is 4.79 Å². The van der Waals surface area contributed by atoms with Crippen molar-refractivity contribution in [3.63, 3.8) is 0 Å². The van der Waals surface area contributed by atoms with Gasteiger partial charge in [-0.1, -0.05) is 24.0 Å². The Kier molecular flexibility index (Phi) is 4.78. The highest BCUT2D eigenvalue weighted by Crippen LogP contribution is 2.14. The number of para-hydroxylation sites is 1. The molecule has 0 aliphatic carbocycles. The Morgan fingerprint density at radius 3 is 2.84 bits per heavy atom. The third kappa shape index (κ3) is 3.71. The summed E-state index contributed by atoms with van der Waals surface area (Å²) in [6, 6.07) is 7.11. The first kappa shape index (κ1) is 13.4. The topological polar surface area (TPSA) is 61.8 Å². The molecular formula is C14H16N2O3. The highest BCUT2D eigenvalue weighted by atomic mass is 16.5. The number of carbonyl (C=O) groups is 1. The molecule has 1 aliphatic rings. The lowest BCUT2D eigenvalue weighted by Gasteiger charge is -2.27. The summed E-state index contributed by atoms with van der Waals surface area (Å²) in [5, 5.41) is 11.6. The third-order valence-corrected chi connectivity index (χ3v) is 2.77. The molecule has 0 bridgehead atoms. The predicted molar refractivity (Wildman–Crippen MR) is 71.8 cm³/mol. The minimum absolute atomic E-state index is 0.151. The molecule has 2 N–H and O–H groups in total. The monoisotopic (exact) mass is 260 g/mol. The van der Waals surface area contributed by atoms with E-state index in [1.807, 2.05) is 12.1 Å². The first-order valence-electron chi connectivity index (χ1n) is 6.13. The van der Waals surface area contributed by atoms with Gasteiger partial charge in [-0.2, -0.15) is 0 Å². The summed E-state index contributed by atoms with van der Waals surface area (Å²) in [4.78, 5) is 13.8. The van der Waals surface area contributed by atoms with Crippen molar-refractivity contribution < 1.29 is 14.6 Å². The molecule has 0 atom stereocenters. The van der Waals surface area contributed by atoms with Crippen LogP contribution < -0.4 is 5.32 Å². The van der Waals surface area contributed by atoms with Gasteiger partial charge in [0.1, 0.15) is 6.61 Å². The van der Waals surface area contributed by atoms with Crippen LogP contribution in [-0.4, -0.2) is 48.9 Å². The molecule has 5 nitrogen and oxygen atoms in total. The third-order valence-electron chi connectivity index (χ3n) is 2.77. The second kappa shape index (κ2) is 6.78. The molecule has 2 amide bonds. The minimum atomic E-state index is -0.203. The molecule has 0 unspecified atom stereocenters. The number of rotatable bonds is 1. The van der Waals surface area contributed by atoms with Crippen molar-refractivity contribution in [1.29, 1.82) is 0 Å². The molecule has 19 heavy (non-hydrogen) atoms. The van der Waals surface area contributed by atoms with Crippen LogP contribution in [0, 0.1) is 11.8 Å². The Labute approximate surface area is 112 Å². The molecule has 1 heterocycles. The molecule has 1 aromatic carbocycles. The van der Waals surface area contributed by atoms with Crippen LogP contribution in [0.2, 0.25) is 0 Å². The van der Waals surface area contributed by atoms with E-state index in [2.05, 4.69) is 17.2 Å². The van der Waals surface area contributed by atoms with Crippen molar-refractivity contribution in [3.8, 4) is 11.8 Å². The van der Waals surface area contributed by atoms with Gasteiger partial charge < -0.3 is 20.1 Å². The fourth-order valence-corrected chi connectivity index (χ4v) is 1.80. The number of aliphatic hydroxyl groups excluding tert-OH is 1. The quantitative estimate of drug-likeness (QED) is 0.737. The molecule has 1 aromatic rings. The number of urea groups is 1. The molecule has 1 fully saturated rings. The minimum Gasteiger partial charge on any atom is -0.384 e. The molecule has 2 rings (SSSR count). The second-order valence-corrected chi connectivity index (χ2v) is 4.04. The molecule has 0 aromatic heterocycles. The number of nitrogens with zero attached hydrogens (tertiary/aromatic N) is 1. The van der Waals surface area contributed by atoms with Gasteiger partial charge in [0.15, 0.2) is 0 Å². The van der Waals surface area contributed by atoms with Crippen LogP contribution in [0.25, 0.3) is 0 Å². The van der Waals surface area contributed by atoms with Crippen molar-refractivity contribution in [1.82, 2.24) is 4.90 Å². The van der Waals surface area contributed by atoms with Gasteiger partial charge in [-0.15, -0.1) is 0 Å². The van der Waals surface area contributed by atoms with E-state index in [1.54, 1.807) is 17.0 Å². The van der Waals surface area contributed by atoms with E-state index in [4.69, 9.17) is 9.84 Å². The number of morpholine rings is 1. The zero-order chi connectivity index (χ0) is 13.5. The molecule has 1 aliphatic heterocycles. The van der Waals surface area contributed by atoms with Crippen molar-refractivity contribution in [3.05, 3.63) is 29.8 Å². The molecular weight excluding hydrogens is 244 g/mol. The van der Waals surface area contributed by atoms with E-state index in [0.717, 1.165) is 0 Å². The van der Waals surface area contributed by atoms with Gasteiger partial charge in [0.2, 0.25) is 0 Å². The number of anilines is 1. The number of amides is 2. The number of hydrogen-bond donors (Lipinski definition) is 2. The van der Waals surface area contributed by atoms with Crippen molar-refractivity contribution in [2.24, 2.45) is 0 Å². The van der Waals surface area contributed by atoms with Crippen LogP contribution in [0.3, 0.4) is 0 Å². The van der Waals surface area contributed by atoms with Crippen molar-refractivity contribution >= 4 is 11.7 Å². The first-order chi connectivity index (χ1) is 9.31. The van der Waals surface area contributed by atoms with Gasteiger partial charge >= 0.3 is 6.03 Å². The van der Waals surface area contributed by atoms with E-state index >= 15 is 0 Å². The second-order valence-electron chi connectivity index (χ2n) is 4.04. The van der Waals surface area contributed by atoms with Crippen molar-refractivity contribution in [2.45, 2.75) is 0 Å². The maximum absolute atomic E-state index is 12.1. The Bertz CT molecular complexity index is 499. The Hall–Kier alpha value is -2.03. The molecule has 1 saturated heterocycles. The number of aliphatic hydroxyl groups is 1. The lowest BCUT2D eigenvalue weighted by Crippen LogP contribution is -2.43. The van der Waals surface area contributed by atoms with E-state index in [0.29, 0.717) is 37.6 Å². The van der Waals surface area contributed by atoms with Gasteiger partial charge in [0.25, 0.3) is 0 Å². The first-order valence-corrected chi connectivity index (χ1v) is 6.13. The van der Waals surface area contributed by atoms with Crippen LogP contribution in [0.1, 0.15) is 5.56 Å². The average molecular weight is 260 g/mol. The number of ether oxygens (including phenoxy) is 1. The van der Waals surface area contributed by atoms with Gasteiger partial charge in [-0.05, 0) is 12.1 Å². The number of carbonyl (C=O) groups excluding carboxylic acids is 1. The summed E-state index contributed by atoms with van der Waals surface area (Å²) in [6.07, 6.45) is 0. The average Bonchev–Trinajstić information content (AvgIpc) is 2.47.